The molecule has 3 aliphatic rings. The number of hydrogen-bond donors (Lipinski definition) is 0. The largest absolute Gasteiger partial charge is 0.228 e. The van der Waals surface area contributed by atoms with Crippen molar-refractivity contribution in [1.82, 2.24) is 9.97 Å². The van der Waals surface area contributed by atoms with Crippen LogP contribution in [-0.4, -0.2) is 9.97 Å². The van der Waals surface area contributed by atoms with E-state index in [1.54, 1.807) is 0 Å². The van der Waals surface area contributed by atoms with Crippen LogP contribution < -0.4 is 0 Å². The van der Waals surface area contributed by atoms with Crippen LogP contribution in [0.15, 0.2) is 206 Å². The second-order valence-corrected chi connectivity index (χ2v) is 17.6. The van der Waals surface area contributed by atoms with Gasteiger partial charge in [-0.15, -0.1) is 0 Å². The molecule has 2 nitrogen and oxygen atoms in total. The van der Waals surface area contributed by atoms with Gasteiger partial charge in [0.2, 0.25) is 0 Å². The molecule has 3 aliphatic carbocycles. The Morgan fingerprint density at radius 2 is 0.823 bits per heavy atom. The van der Waals surface area contributed by atoms with Gasteiger partial charge in [-0.2, -0.15) is 0 Å². The number of aromatic nitrogens is 2. The zero-order valence-corrected chi connectivity index (χ0v) is 34.5. The summed E-state index contributed by atoms with van der Waals surface area (Å²) in [4.78, 5) is 10.8. The molecular weight excluding hydrogens is 749 g/mol. The molecule has 0 bridgehead atoms. The molecule has 0 radical (unpaired) electrons. The van der Waals surface area contributed by atoms with Gasteiger partial charge in [0, 0.05) is 22.1 Å². The summed E-state index contributed by atoms with van der Waals surface area (Å²) in [6.45, 7) is 4.74. The average Bonchev–Trinajstić information content (AvgIpc) is 3.89. The third-order valence-corrected chi connectivity index (χ3v) is 14.1. The van der Waals surface area contributed by atoms with Crippen LogP contribution in [0.1, 0.15) is 47.2 Å². The molecule has 2 heteroatoms. The summed E-state index contributed by atoms with van der Waals surface area (Å²) in [6.07, 6.45) is 0. The quantitative estimate of drug-likeness (QED) is 0.177. The highest BCUT2D eigenvalue weighted by atomic mass is 14.9. The topological polar surface area (TPSA) is 25.8 Å². The summed E-state index contributed by atoms with van der Waals surface area (Å²) in [5.41, 5.74) is 22.5. The second kappa shape index (κ2) is 12.9. The van der Waals surface area contributed by atoms with Gasteiger partial charge in [-0.05, 0) is 113 Å². The molecule has 13 rings (SSSR count). The Morgan fingerprint density at radius 1 is 0.306 bits per heavy atom. The van der Waals surface area contributed by atoms with E-state index in [1.807, 2.05) is 0 Å². The number of hydrogen-bond acceptors (Lipinski definition) is 2. The fraction of sp³-hybridized carbons (Fsp3) is 0.0667. The van der Waals surface area contributed by atoms with Gasteiger partial charge in [-0.1, -0.05) is 196 Å². The van der Waals surface area contributed by atoms with Crippen LogP contribution in [0.3, 0.4) is 0 Å². The van der Waals surface area contributed by atoms with Crippen molar-refractivity contribution in [3.63, 3.8) is 0 Å². The van der Waals surface area contributed by atoms with Crippen molar-refractivity contribution in [2.24, 2.45) is 0 Å². The Bertz CT molecular complexity index is 3440. The first-order valence-electron chi connectivity index (χ1n) is 21.7. The van der Waals surface area contributed by atoms with Crippen molar-refractivity contribution >= 4 is 10.8 Å². The minimum Gasteiger partial charge on any atom is -0.228 e. The Hall–Kier alpha value is -7.68. The summed E-state index contributed by atoms with van der Waals surface area (Å²) in [5.74, 6) is 0.708. The van der Waals surface area contributed by atoms with E-state index in [4.69, 9.17) is 9.97 Å². The van der Waals surface area contributed by atoms with Crippen molar-refractivity contribution in [3.8, 4) is 78.4 Å². The molecule has 290 valence electrons. The second-order valence-electron chi connectivity index (χ2n) is 17.6. The minimum absolute atomic E-state index is 0.146. The maximum atomic E-state index is 5.42. The number of nitrogens with zero attached hydrogens (tertiary/aromatic N) is 2. The van der Waals surface area contributed by atoms with E-state index in [0.29, 0.717) is 5.82 Å². The van der Waals surface area contributed by atoms with Gasteiger partial charge in [-0.25, -0.2) is 9.97 Å². The van der Waals surface area contributed by atoms with Crippen molar-refractivity contribution in [2.45, 2.75) is 24.7 Å². The molecule has 0 N–H and O–H groups in total. The zero-order chi connectivity index (χ0) is 41.2. The van der Waals surface area contributed by atoms with E-state index in [2.05, 4.69) is 220 Å². The first-order valence-corrected chi connectivity index (χ1v) is 21.7. The summed E-state index contributed by atoms with van der Waals surface area (Å²) in [6, 6.07) is 75.8. The highest BCUT2D eigenvalue weighted by Gasteiger charge is 2.51. The molecule has 1 aromatic heterocycles. The fourth-order valence-corrected chi connectivity index (χ4v) is 11.3. The van der Waals surface area contributed by atoms with Gasteiger partial charge < -0.3 is 0 Å². The van der Waals surface area contributed by atoms with Gasteiger partial charge in [0.15, 0.2) is 5.82 Å². The van der Waals surface area contributed by atoms with Crippen LogP contribution in [0.5, 0.6) is 0 Å². The van der Waals surface area contributed by atoms with Crippen molar-refractivity contribution < 1.29 is 0 Å². The summed E-state index contributed by atoms with van der Waals surface area (Å²) in [5, 5.41) is 2.54. The highest BCUT2D eigenvalue weighted by Crippen LogP contribution is 2.63. The molecule has 0 saturated carbocycles. The zero-order valence-electron chi connectivity index (χ0n) is 34.5. The summed E-state index contributed by atoms with van der Waals surface area (Å²) >= 11 is 0. The fourth-order valence-electron chi connectivity index (χ4n) is 11.3. The summed E-state index contributed by atoms with van der Waals surface area (Å²) < 4.78 is 0. The normalized spacial score (nSPS) is 14.2. The van der Waals surface area contributed by atoms with Crippen LogP contribution in [-0.2, 0) is 10.8 Å². The van der Waals surface area contributed by atoms with Crippen molar-refractivity contribution in [2.75, 3.05) is 0 Å². The third kappa shape index (κ3) is 4.75. The van der Waals surface area contributed by atoms with E-state index in [1.165, 1.54) is 83.1 Å². The van der Waals surface area contributed by atoms with Crippen LogP contribution in [0.2, 0.25) is 0 Å². The minimum atomic E-state index is -0.442. The lowest BCUT2D eigenvalue weighted by Crippen LogP contribution is -2.25. The molecule has 1 heterocycles. The SMILES string of the molecule is CC1(C)c2cc3ccccc3cc2-c2c(-c3ccccc3-c3cc(-c4ccc5c(c4)C4(c6ccccc6-c6ccccc64)c4ccccc4-5)nc(-c4ccccc4)n3)cccc21. The molecule has 0 amide bonds. The number of benzene rings is 9. The third-order valence-electron chi connectivity index (χ3n) is 14.1. The van der Waals surface area contributed by atoms with Gasteiger partial charge in [-0.3, -0.25) is 0 Å². The van der Waals surface area contributed by atoms with Crippen LogP contribution >= 0.6 is 0 Å². The highest BCUT2D eigenvalue weighted by molar-refractivity contribution is 6.01. The molecule has 0 fully saturated rings. The first-order chi connectivity index (χ1) is 30.5. The van der Waals surface area contributed by atoms with E-state index in [0.717, 1.165) is 33.6 Å². The summed E-state index contributed by atoms with van der Waals surface area (Å²) in [7, 11) is 0. The maximum absolute atomic E-state index is 5.42. The van der Waals surface area contributed by atoms with E-state index in [-0.39, 0.29) is 5.41 Å². The molecular formula is C60H40N2. The monoisotopic (exact) mass is 788 g/mol. The lowest BCUT2D eigenvalue weighted by atomic mass is 9.70. The van der Waals surface area contributed by atoms with Gasteiger partial charge in [0.05, 0.1) is 16.8 Å². The van der Waals surface area contributed by atoms with Gasteiger partial charge in [0.25, 0.3) is 0 Å². The maximum Gasteiger partial charge on any atom is 0.160 e. The van der Waals surface area contributed by atoms with Crippen molar-refractivity contribution in [1.29, 1.82) is 0 Å². The first kappa shape index (κ1) is 35.1. The van der Waals surface area contributed by atoms with Gasteiger partial charge in [0.1, 0.15) is 0 Å². The molecule has 9 aromatic carbocycles. The Balaban J connectivity index is 1.03. The van der Waals surface area contributed by atoms with E-state index in [9.17, 15) is 0 Å². The lowest BCUT2D eigenvalue weighted by molar-refractivity contribution is 0.661. The molecule has 0 unspecified atom stereocenters. The molecule has 10 aromatic rings. The average molecular weight is 789 g/mol. The molecule has 62 heavy (non-hydrogen) atoms. The van der Waals surface area contributed by atoms with E-state index >= 15 is 0 Å². The predicted octanol–water partition coefficient (Wildman–Crippen LogP) is 14.9. The van der Waals surface area contributed by atoms with Crippen LogP contribution in [0, 0.1) is 0 Å². The number of fused-ring (bicyclic) bond motifs is 14. The molecule has 1 spiro atoms. The van der Waals surface area contributed by atoms with Crippen LogP contribution in [0.25, 0.3) is 89.2 Å². The van der Waals surface area contributed by atoms with E-state index < -0.39 is 5.41 Å². The van der Waals surface area contributed by atoms with Crippen LogP contribution in [0.4, 0.5) is 0 Å². The molecule has 0 aliphatic heterocycles. The predicted molar refractivity (Wildman–Crippen MR) is 255 cm³/mol. The lowest BCUT2D eigenvalue weighted by Gasteiger charge is -2.30. The standard InChI is InChI=1S/C60H40N2/c1-59(2)52-30-16-26-47(57(52)48-33-38-19-6-7-20-39(38)34-53(48)59)41-21-8-9-25-46(41)56-36-55(61-58(62-56)37-17-4-3-5-18-37)40-31-32-45-44-24-12-15-29-51(44)60(54(45)35-40)49-27-13-10-22-42(49)43-23-11-14-28-50(43)60/h3-36H,1-2H3. The Kier molecular flexibility index (Phi) is 7.31. The molecule has 0 saturated heterocycles. The molecule has 0 atom stereocenters. The smallest absolute Gasteiger partial charge is 0.160 e. The van der Waals surface area contributed by atoms with Gasteiger partial charge >= 0.3 is 0 Å². The van der Waals surface area contributed by atoms with Crippen molar-refractivity contribution in [3.05, 3.63) is 240 Å². The Labute approximate surface area is 361 Å². The Morgan fingerprint density at radius 3 is 1.50 bits per heavy atom. The number of rotatable bonds is 4.